The van der Waals surface area contributed by atoms with Crippen molar-refractivity contribution in [1.29, 1.82) is 0 Å². The predicted molar refractivity (Wildman–Crippen MR) is 80.8 cm³/mol. The lowest BCUT2D eigenvalue weighted by molar-refractivity contribution is -0.149. The van der Waals surface area contributed by atoms with E-state index in [0.29, 0.717) is 18.8 Å². The Labute approximate surface area is 133 Å². The molecule has 6 heteroatoms. The second-order valence-corrected chi connectivity index (χ2v) is 6.35. The minimum Gasteiger partial charge on any atom is -0.480 e. The Hall–Kier alpha value is -1.98. The average Bonchev–Trinajstić information content (AvgIpc) is 2.50. The van der Waals surface area contributed by atoms with Gasteiger partial charge in [0.05, 0.1) is 0 Å². The van der Waals surface area contributed by atoms with E-state index in [1.807, 2.05) is 0 Å². The summed E-state index contributed by atoms with van der Waals surface area (Å²) in [6.45, 7) is 2.06. The second kappa shape index (κ2) is 7.06. The van der Waals surface area contributed by atoms with Crippen LogP contribution in [0.1, 0.15) is 44.6 Å². The Kier molecular flexibility index (Phi) is 5.34. The number of benzene rings is 1. The second-order valence-electron chi connectivity index (χ2n) is 6.35. The number of carboxylic acids is 1. The third-order valence-electron chi connectivity index (χ3n) is 4.55. The van der Waals surface area contributed by atoms with Crippen molar-refractivity contribution in [2.45, 2.75) is 51.0 Å². The molecule has 126 valence electrons. The topological polar surface area (TPSA) is 66.4 Å². The van der Waals surface area contributed by atoms with Crippen LogP contribution in [0.25, 0.3) is 0 Å². The van der Waals surface area contributed by atoms with E-state index in [2.05, 4.69) is 12.2 Å². The van der Waals surface area contributed by atoms with Gasteiger partial charge in [-0.1, -0.05) is 6.92 Å². The van der Waals surface area contributed by atoms with Crippen LogP contribution in [-0.2, 0) is 16.0 Å². The molecule has 1 saturated carbocycles. The van der Waals surface area contributed by atoms with Crippen LogP contribution in [-0.4, -0.2) is 22.5 Å². The minimum absolute atomic E-state index is 0.0293. The van der Waals surface area contributed by atoms with Crippen molar-refractivity contribution in [2.75, 3.05) is 0 Å². The standard InChI is InChI=1S/C17H21F2NO3/c1-11-6-8-17(9-7-11,16(22)23)20-15(21)5-2-12-10-13(18)3-4-14(12)19/h3-4,10-11H,2,5-9H2,1H3,(H,20,21)(H,22,23). The predicted octanol–water partition coefficient (Wildman–Crippen LogP) is 3.05. The molecule has 4 nitrogen and oxygen atoms in total. The maximum atomic E-state index is 13.5. The van der Waals surface area contributed by atoms with Crippen molar-refractivity contribution < 1.29 is 23.5 Å². The van der Waals surface area contributed by atoms with Crippen LogP contribution < -0.4 is 5.32 Å². The number of carbonyl (C=O) groups is 2. The highest BCUT2D eigenvalue weighted by Crippen LogP contribution is 2.32. The fraction of sp³-hybridized carbons (Fsp3) is 0.529. The number of aliphatic carboxylic acids is 1. The van der Waals surface area contributed by atoms with Gasteiger partial charge in [-0.2, -0.15) is 0 Å². The first-order chi connectivity index (χ1) is 10.8. The summed E-state index contributed by atoms with van der Waals surface area (Å²) in [5.41, 5.74) is -1.12. The van der Waals surface area contributed by atoms with E-state index in [4.69, 9.17) is 0 Å². The van der Waals surface area contributed by atoms with Crippen molar-refractivity contribution >= 4 is 11.9 Å². The summed E-state index contributed by atoms with van der Waals surface area (Å²) in [5, 5.41) is 12.1. The first-order valence-corrected chi connectivity index (χ1v) is 7.81. The molecule has 0 atom stereocenters. The SMILES string of the molecule is CC1CCC(NC(=O)CCc2cc(F)ccc2F)(C(=O)O)CC1. The molecule has 0 radical (unpaired) electrons. The molecule has 1 aromatic rings. The van der Waals surface area contributed by atoms with E-state index in [1.54, 1.807) is 0 Å². The number of hydrogen-bond acceptors (Lipinski definition) is 2. The van der Waals surface area contributed by atoms with Gasteiger partial charge in [0.2, 0.25) is 5.91 Å². The van der Waals surface area contributed by atoms with Crippen LogP contribution in [0.4, 0.5) is 8.78 Å². The molecule has 2 rings (SSSR count). The van der Waals surface area contributed by atoms with Gasteiger partial charge in [-0.05, 0) is 61.8 Å². The Balaban J connectivity index is 1.97. The molecule has 1 aliphatic carbocycles. The first-order valence-electron chi connectivity index (χ1n) is 7.81. The van der Waals surface area contributed by atoms with Crippen LogP contribution in [0.5, 0.6) is 0 Å². The number of halogens is 2. The summed E-state index contributed by atoms with van der Waals surface area (Å²) in [6.07, 6.45) is 2.22. The highest BCUT2D eigenvalue weighted by atomic mass is 19.1. The molecule has 0 aliphatic heterocycles. The van der Waals surface area contributed by atoms with E-state index in [0.717, 1.165) is 31.0 Å². The van der Waals surface area contributed by atoms with Crippen molar-refractivity contribution in [3.8, 4) is 0 Å². The molecule has 0 unspecified atom stereocenters. The Morgan fingerprint density at radius 3 is 2.57 bits per heavy atom. The van der Waals surface area contributed by atoms with Gasteiger partial charge in [0.15, 0.2) is 0 Å². The van der Waals surface area contributed by atoms with E-state index in [1.165, 1.54) is 0 Å². The fourth-order valence-electron chi connectivity index (χ4n) is 2.96. The summed E-state index contributed by atoms with van der Waals surface area (Å²) in [6, 6.07) is 3.09. The zero-order valence-electron chi connectivity index (χ0n) is 13.1. The number of nitrogens with one attached hydrogen (secondary N) is 1. The van der Waals surface area contributed by atoms with Gasteiger partial charge >= 0.3 is 5.97 Å². The van der Waals surface area contributed by atoms with Crippen molar-refractivity contribution in [3.63, 3.8) is 0 Å². The van der Waals surface area contributed by atoms with Crippen LogP contribution >= 0.6 is 0 Å². The van der Waals surface area contributed by atoms with Gasteiger partial charge in [0, 0.05) is 6.42 Å². The van der Waals surface area contributed by atoms with Gasteiger partial charge in [0.1, 0.15) is 17.2 Å². The lowest BCUT2D eigenvalue weighted by atomic mass is 9.77. The summed E-state index contributed by atoms with van der Waals surface area (Å²) < 4.78 is 26.6. The van der Waals surface area contributed by atoms with Gasteiger partial charge in [-0.25, -0.2) is 13.6 Å². The van der Waals surface area contributed by atoms with E-state index in [9.17, 15) is 23.5 Å². The molecular formula is C17H21F2NO3. The molecule has 2 N–H and O–H groups in total. The maximum Gasteiger partial charge on any atom is 0.329 e. The number of hydrogen-bond donors (Lipinski definition) is 2. The molecule has 1 aliphatic rings. The number of carbonyl (C=O) groups excluding carboxylic acids is 1. The minimum atomic E-state index is -1.23. The Morgan fingerprint density at radius 1 is 1.30 bits per heavy atom. The quantitative estimate of drug-likeness (QED) is 0.874. The fourth-order valence-corrected chi connectivity index (χ4v) is 2.96. The average molecular weight is 325 g/mol. The van der Waals surface area contributed by atoms with Crippen LogP contribution in [0.2, 0.25) is 0 Å². The van der Waals surface area contributed by atoms with Crippen molar-refractivity contribution in [2.24, 2.45) is 5.92 Å². The maximum absolute atomic E-state index is 13.5. The third-order valence-corrected chi connectivity index (χ3v) is 4.55. The zero-order chi connectivity index (χ0) is 17.0. The molecule has 0 spiro atoms. The summed E-state index contributed by atoms with van der Waals surface area (Å²) in [4.78, 5) is 23.6. The van der Waals surface area contributed by atoms with Gasteiger partial charge in [-0.15, -0.1) is 0 Å². The first kappa shape index (κ1) is 17.4. The summed E-state index contributed by atoms with van der Waals surface area (Å²) >= 11 is 0. The van der Waals surface area contributed by atoms with Crippen LogP contribution in [0.15, 0.2) is 18.2 Å². The summed E-state index contributed by atoms with van der Waals surface area (Å²) in [5.74, 6) is -2.18. The monoisotopic (exact) mass is 325 g/mol. The van der Waals surface area contributed by atoms with Crippen molar-refractivity contribution in [1.82, 2.24) is 5.32 Å². The molecule has 0 heterocycles. The lowest BCUT2D eigenvalue weighted by Gasteiger charge is -2.36. The normalized spacial score (nSPS) is 24.2. The van der Waals surface area contributed by atoms with E-state index < -0.39 is 29.0 Å². The molecule has 1 amide bonds. The smallest absolute Gasteiger partial charge is 0.329 e. The zero-order valence-corrected chi connectivity index (χ0v) is 13.1. The third kappa shape index (κ3) is 4.27. The number of carboxylic acid groups (broad SMARTS) is 1. The Bertz CT molecular complexity index is 596. The molecule has 0 bridgehead atoms. The number of amides is 1. The highest BCUT2D eigenvalue weighted by molar-refractivity contribution is 5.87. The largest absolute Gasteiger partial charge is 0.480 e. The molecule has 0 aromatic heterocycles. The molecular weight excluding hydrogens is 304 g/mol. The van der Waals surface area contributed by atoms with Crippen molar-refractivity contribution in [3.05, 3.63) is 35.4 Å². The van der Waals surface area contributed by atoms with Gasteiger partial charge < -0.3 is 10.4 Å². The van der Waals surface area contributed by atoms with E-state index in [-0.39, 0.29) is 18.4 Å². The molecule has 23 heavy (non-hydrogen) atoms. The highest BCUT2D eigenvalue weighted by Gasteiger charge is 2.42. The summed E-state index contributed by atoms with van der Waals surface area (Å²) in [7, 11) is 0. The van der Waals surface area contributed by atoms with Crippen LogP contribution in [0, 0.1) is 17.6 Å². The lowest BCUT2D eigenvalue weighted by Crippen LogP contribution is -2.56. The Morgan fingerprint density at radius 2 is 1.96 bits per heavy atom. The molecule has 0 saturated heterocycles. The molecule has 1 fully saturated rings. The van der Waals surface area contributed by atoms with Crippen LogP contribution in [0.3, 0.4) is 0 Å². The van der Waals surface area contributed by atoms with Gasteiger partial charge in [0.25, 0.3) is 0 Å². The number of rotatable bonds is 5. The van der Waals surface area contributed by atoms with E-state index >= 15 is 0 Å². The molecule has 1 aromatic carbocycles. The van der Waals surface area contributed by atoms with Gasteiger partial charge in [-0.3, -0.25) is 4.79 Å². The number of aryl methyl sites for hydroxylation is 1.